The third-order valence-corrected chi connectivity index (χ3v) is 7.88. The highest BCUT2D eigenvalue weighted by Crippen LogP contribution is 2.32. The minimum Gasteiger partial charge on any atom is -0.486 e. The Hall–Kier alpha value is -2.79. The van der Waals surface area contributed by atoms with Crippen LogP contribution in [-0.4, -0.2) is 61.1 Å². The van der Waals surface area contributed by atoms with Crippen LogP contribution in [0.2, 0.25) is 0 Å². The predicted octanol–water partition coefficient (Wildman–Crippen LogP) is 6.05. The summed E-state index contributed by atoms with van der Waals surface area (Å²) in [5.74, 6) is 2.28. The normalized spacial score (nSPS) is 20.9. The Morgan fingerprint density at radius 3 is 2.56 bits per heavy atom. The lowest BCUT2D eigenvalue weighted by molar-refractivity contribution is 0.0709. The van der Waals surface area contributed by atoms with Crippen LogP contribution in [0.3, 0.4) is 0 Å². The van der Waals surface area contributed by atoms with E-state index in [1.165, 1.54) is 62.6 Å². The first-order chi connectivity index (χ1) is 17.7. The molecule has 0 aromatic heterocycles. The van der Waals surface area contributed by atoms with Crippen LogP contribution < -0.4 is 9.47 Å². The smallest absolute Gasteiger partial charge is 0.254 e. The van der Waals surface area contributed by atoms with Gasteiger partial charge in [-0.2, -0.15) is 0 Å². The van der Waals surface area contributed by atoms with Crippen molar-refractivity contribution in [1.29, 1.82) is 0 Å². The van der Waals surface area contributed by atoms with Gasteiger partial charge in [0.1, 0.15) is 13.2 Å². The molecule has 2 aromatic carbocycles. The lowest BCUT2D eigenvalue weighted by Gasteiger charge is -2.34. The zero-order valence-corrected chi connectivity index (χ0v) is 21.7. The molecule has 1 aliphatic carbocycles. The molecule has 1 unspecified atom stereocenters. The van der Waals surface area contributed by atoms with Gasteiger partial charge >= 0.3 is 0 Å². The Morgan fingerprint density at radius 2 is 1.75 bits per heavy atom. The standard InChI is InChI=1S/C31H40N2O3/c1-24(19-25-9-4-2-5-10-25)21-33(31(34)27-14-15-29-30(20-27)36-18-17-35-29)23-28-13-8-16-32(28)22-26-11-6-3-7-12-26/h2,4-5,9-10,14-15,19-20,26,28H,3,6-8,11-13,16-18,21-23H2,1H3. The first kappa shape index (κ1) is 24.9. The molecule has 2 heterocycles. The molecule has 192 valence electrons. The summed E-state index contributed by atoms with van der Waals surface area (Å²) in [5, 5.41) is 0. The molecule has 2 aliphatic heterocycles. The van der Waals surface area contributed by atoms with Crippen molar-refractivity contribution in [1.82, 2.24) is 9.80 Å². The predicted molar refractivity (Wildman–Crippen MR) is 145 cm³/mol. The number of hydrogen-bond donors (Lipinski definition) is 0. The maximum absolute atomic E-state index is 13.9. The molecule has 1 saturated carbocycles. The molecule has 0 radical (unpaired) electrons. The molecule has 0 N–H and O–H groups in total. The number of likely N-dealkylation sites (tertiary alicyclic amines) is 1. The van der Waals surface area contributed by atoms with Crippen molar-refractivity contribution in [2.75, 3.05) is 39.4 Å². The van der Waals surface area contributed by atoms with Crippen LogP contribution in [0.5, 0.6) is 11.5 Å². The lowest BCUT2D eigenvalue weighted by atomic mass is 9.89. The fourth-order valence-electron chi connectivity index (χ4n) is 6.06. The minimum atomic E-state index is 0.0669. The molecule has 3 aliphatic rings. The number of carbonyl (C=O) groups is 1. The van der Waals surface area contributed by atoms with Gasteiger partial charge in [0, 0.05) is 31.2 Å². The van der Waals surface area contributed by atoms with Gasteiger partial charge < -0.3 is 14.4 Å². The average Bonchev–Trinajstić information content (AvgIpc) is 3.35. The van der Waals surface area contributed by atoms with Crippen molar-refractivity contribution < 1.29 is 14.3 Å². The van der Waals surface area contributed by atoms with Crippen LogP contribution in [0.1, 0.15) is 67.8 Å². The van der Waals surface area contributed by atoms with Crippen molar-refractivity contribution in [2.24, 2.45) is 5.92 Å². The summed E-state index contributed by atoms with van der Waals surface area (Å²) in [4.78, 5) is 18.6. The van der Waals surface area contributed by atoms with E-state index in [-0.39, 0.29) is 5.91 Å². The Morgan fingerprint density at radius 1 is 0.972 bits per heavy atom. The van der Waals surface area contributed by atoms with E-state index in [0.717, 1.165) is 24.8 Å². The van der Waals surface area contributed by atoms with Crippen molar-refractivity contribution in [2.45, 2.75) is 57.9 Å². The Labute approximate surface area is 216 Å². The quantitative estimate of drug-likeness (QED) is 0.454. The van der Waals surface area contributed by atoms with Crippen LogP contribution in [0, 0.1) is 5.92 Å². The molecule has 1 amide bonds. The molecule has 36 heavy (non-hydrogen) atoms. The van der Waals surface area contributed by atoms with Crippen LogP contribution in [0.4, 0.5) is 0 Å². The fourth-order valence-corrected chi connectivity index (χ4v) is 6.06. The largest absolute Gasteiger partial charge is 0.486 e. The van der Waals surface area contributed by atoms with Gasteiger partial charge in [0.15, 0.2) is 11.5 Å². The van der Waals surface area contributed by atoms with Gasteiger partial charge in [0.25, 0.3) is 5.91 Å². The van der Waals surface area contributed by atoms with E-state index in [1.54, 1.807) is 0 Å². The Kier molecular flexibility index (Phi) is 8.27. The van der Waals surface area contributed by atoms with E-state index in [9.17, 15) is 4.79 Å². The first-order valence-electron chi connectivity index (χ1n) is 13.8. The van der Waals surface area contributed by atoms with E-state index < -0.39 is 0 Å². The summed E-state index contributed by atoms with van der Waals surface area (Å²) in [6.45, 7) is 6.93. The highest BCUT2D eigenvalue weighted by molar-refractivity contribution is 5.95. The number of nitrogens with zero attached hydrogens (tertiary/aromatic N) is 2. The molecule has 0 spiro atoms. The van der Waals surface area contributed by atoms with E-state index in [4.69, 9.17) is 9.47 Å². The van der Waals surface area contributed by atoms with Crippen LogP contribution in [-0.2, 0) is 0 Å². The van der Waals surface area contributed by atoms with Crippen molar-refractivity contribution in [3.63, 3.8) is 0 Å². The summed E-state index contributed by atoms with van der Waals surface area (Å²) in [7, 11) is 0. The molecule has 1 saturated heterocycles. The molecule has 1 atom stereocenters. The molecular formula is C31H40N2O3. The van der Waals surface area contributed by atoms with Crippen molar-refractivity contribution >= 4 is 12.0 Å². The van der Waals surface area contributed by atoms with Crippen molar-refractivity contribution in [3.8, 4) is 11.5 Å². The second-order valence-electron chi connectivity index (χ2n) is 10.7. The second-order valence-corrected chi connectivity index (χ2v) is 10.7. The Bertz CT molecular complexity index is 1050. The lowest BCUT2D eigenvalue weighted by Crippen LogP contribution is -2.45. The summed E-state index contributed by atoms with van der Waals surface area (Å²) in [5.41, 5.74) is 3.02. The SMILES string of the molecule is CC(=Cc1ccccc1)CN(CC1CCCN1CC1CCCCC1)C(=O)c1ccc2c(c1)OCCO2. The number of hydrogen-bond acceptors (Lipinski definition) is 4. The summed E-state index contributed by atoms with van der Waals surface area (Å²) in [6.07, 6.45) is 11.5. The number of amides is 1. The van der Waals surface area contributed by atoms with Gasteiger partial charge in [-0.25, -0.2) is 0 Å². The zero-order chi connectivity index (χ0) is 24.7. The summed E-state index contributed by atoms with van der Waals surface area (Å²) < 4.78 is 11.5. The molecule has 5 rings (SSSR count). The molecule has 5 nitrogen and oxygen atoms in total. The van der Waals surface area contributed by atoms with Gasteiger partial charge in [-0.3, -0.25) is 9.69 Å². The molecule has 0 bridgehead atoms. The topological polar surface area (TPSA) is 42.0 Å². The number of rotatable bonds is 8. The van der Waals surface area contributed by atoms with Crippen molar-refractivity contribution in [3.05, 3.63) is 65.2 Å². The summed E-state index contributed by atoms with van der Waals surface area (Å²) >= 11 is 0. The number of benzene rings is 2. The van der Waals surface area contributed by atoms with Gasteiger partial charge in [-0.15, -0.1) is 0 Å². The summed E-state index contributed by atoms with van der Waals surface area (Å²) in [6, 6.07) is 16.4. The molecule has 2 aromatic rings. The minimum absolute atomic E-state index is 0.0669. The van der Waals surface area contributed by atoms with Crippen LogP contribution >= 0.6 is 0 Å². The van der Waals surface area contributed by atoms with E-state index in [0.29, 0.717) is 37.1 Å². The number of fused-ring (bicyclic) bond motifs is 1. The highest BCUT2D eigenvalue weighted by Gasteiger charge is 2.31. The molecule has 5 heteroatoms. The average molecular weight is 489 g/mol. The van der Waals surface area contributed by atoms with Gasteiger partial charge in [-0.05, 0) is 68.8 Å². The zero-order valence-electron chi connectivity index (χ0n) is 21.7. The maximum atomic E-state index is 13.9. The first-order valence-corrected chi connectivity index (χ1v) is 13.8. The van der Waals surface area contributed by atoms with Gasteiger partial charge in [0.2, 0.25) is 0 Å². The fraction of sp³-hybridized carbons (Fsp3) is 0.516. The van der Waals surface area contributed by atoms with Crippen LogP contribution in [0.15, 0.2) is 54.1 Å². The van der Waals surface area contributed by atoms with E-state index >= 15 is 0 Å². The van der Waals surface area contributed by atoms with Gasteiger partial charge in [-0.1, -0.05) is 61.2 Å². The second kappa shape index (κ2) is 12.0. The number of carbonyl (C=O) groups excluding carboxylic acids is 1. The maximum Gasteiger partial charge on any atom is 0.254 e. The van der Waals surface area contributed by atoms with E-state index in [1.807, 2.05) is 24.3 Å². The molecule has 2 fully saturated rings. The molecular weight excluding hydrogens is 448 g/mol. The van der Waals surface area contributed by atoms with Crippen LogP contribution in [0.25, 0.3) is 6.08 Å². The van der Waals surface area contributed by atoms with Gasteiger partial charge in [0.05, 0.1) is 0 Å². The monoisotopic (exact) mass is 488 g/mol. The van der Waals surface area contributed by atoms with E-state index in [2.05, 4.69) is 47.1 Å². The third-order valence-electron chi connectivity index (χ3n) is 7.88. The number of ether oxygens (including phenoxy) is 2. The Balaban J connectivity index is 1.34. The highest BCUT2D eigenvalue weighted by atomic mass is 16.6. The third kappa shape index (κ3) is 6.31.